The second-order valence-electron chi connectivity index (χ2n) is 5.38. The first-order valence-electron chi connectivity index (χ1n) is 7.00. The first-order chi connectivity index (χ1) is 10.3. The van der Waals surface area contributed by atoms with Crippen molar-refractivity contribution < 1.29 is 18.7 Å². The Hall–Kier alpha value is -1.95. The van der Waals surface area contributed by atoms with E-state index in [1.807, 2.05) is 13.8 Å². The molecular formula is C16H18FNO3S. The van der Waals surface area contributed by atoms with Crippen LogP contribution in [0.3, 0.4) is 0 Å². The number of nitrogens with one attached hydrogen (secondary N) is 1. The van der Waals surface area contributed by atoms with Crippen molar-refractivity contribution in [3.63, 3.8) is 0 Å². The maximum Gasteiger partial charge on any atom is 0.349 e. The number of amides is 1. The van der Waals surface area contributed by atoms with E-state index in [9.17, 15) is 14.0 Å². The molecule has 0 bridgehead atoms. The molecule has 0 aliphatic rings. The van der Waals surface area contributed by atoms with Gasteiger partial charge in [-0.3, -0.25) is 4.79 Å². The van der Waals surface area contributed by atoms with Gasteiger partial charge in [-0.25, -0.2) is 9.18 Å². The van der Waals surface area contributed by atoms with Gasteiger partial charge in [-0.15, -0.1) is 11.3 Å². The van der Waals surface area contributed by atoms with Gasteiger partial charge in [0.05, 0.1) is 0 Å². The van der Waals surface area contributed by atoms with Gasteiger partial charge in [-0.2, -0.15) is 0 Å². The number of hydrogen-bond donors (Lipinski definition) is 1. The number of carbonyl (C=O) groups is 2. The summed E-state index contributed by atoms with van der Waals surface area (Å²) in [6.07, 6.45) is -0.899. The molecule has 0 radical (unpaired) electrons. The van der Waals surface area contributed by atoms with Crippen molar-refractivity contribution in [3.8, 4) is 0 Å². The number of carbonyl (C=O) groups excluding carboxylic acids is 2. The molecule has 0 aliphatic heterocycles. The molecule has 0 spiro atoms. The zero-order valence-corrected chi connectivity index (χ0v) is 13.7. The van der Waals surface area contributed by atoms with Crippen LogP contribution in [0.4, 0.5) is 4.39 Å². The predicted octanol–water partition coefficient (Wildman–Crippen LogP) is 3.42. The van der Waals surface area contributed by atoms with Crippen LogP contribution in [-0.4, -0.2) is 24.0 Å². The van der Waals surface area contributed by atoms with Crippen LogP contribution in [0.5, 0.6) is 0 Å². The molecule has 1 heterocycles. The highest BCUT2D eigenvalue weighted by molar-refractivity contribution is 7.21. The van der Waals surface area contributed by atoms with Crippen molar-refractivity contribution in [2.45, 2.75) is 39.8 Å². The predicted molar refractivity (Wildman–Crippen MR) is 84.7 cm³/mol. The average molecular weight is 323 g/mol. The molecule has 22 heavy (non-hydrogen) atoms. The molecule has 1 aromatic carbocycles. The van der Waals surface area contributed by atoms with E-state index >= 15 is 0 Å². The molecule has 0 saturated heterocycles. The molecule has 4 nitrogen and oxygen atoms in total. The molecule has 0 saturated carbocycles. The molecule has 0 aliphatic carbocycles. The van der Waals surface area contributed by atoms with Crippen LogP contribution in [0.15, 0.2) is 18.2 Å². The Morgan fingerprint density at radius 1 is 1.27 bits per heavy atom. The van der Waals surface area contributed by atoms with Crippen LogP contribution in [0.1, 0.15) is 36.0 Å². The minimum atomic E-state index is -0.899. The highest BCUT2D eigenvalue weighted by atomic mass is 32.1. The Balaban J connectivity index is 2.22. The summed E-state index contributed by atoms with van der Waals surface area (Å²) in [5.41, 5.74) is 0.541. The molecular weight excluding hydrogens is 305 g/mol. The Bertz CT molecular complexity index is 723. The fourth-order valence-corrected chi connectivity index (χ4v) is 3.22. The van der Waals surface area contributed by atoms with Gasteiger partial charge in [-0.1, -0.05) is 6.07 Å². The Kier molecular flexibility index (Phi) is 4.81. The third-order valence-electron chi connectivity index (χ3n) is 3.17. The zero-order chi connectivity index (χ0) is 16.4. The van der Waals surface area contributed by atoms with Gasteiger partial charge in [0.2, 0.25) is 0 Å². The van der Waals surface area contributed by atoms with Crippen LogP contribution in [0.25, 0.3) is 10.1 Å². The van der Waals surface area contributed by atoms with E-state index in [2.05, 4.69) is 5.32 Å². The lowest BCUT2D eigenvalue weighted by Crippen LogP contribution is -2.39. The SMILES string of the molecule is Cc1c(C(=O)O[C@H](C)C(=O)NC(C)C)sc2cccc(F)c12. The lowest BCUT2D eigenvalue weighted by molar-refractivity contribution is -0.129. The summed E-state index contributed by atoms with van der Waals surface area (Å²) in [4.78, 5) is 24.3. The molecule has 2 rings (SSSR count). The van der Waals surface area contributed by atoms with Crippen molar-refractivity contribution in [3.05, 3.63) is 34.5 Å². The zero-order valence-electron chi connectivity index (χ0n) is 12.9. The summed E-state index contributed by atoms with van der Waals surface area (Å²) in [6, 6.07) is 4.67. The number of ether oxygens (including phenoxy) is 1. The number of rotatable bonds is 4. The van der Waals surface area contributed by atoms with E-state index in [0.29, 0.717) is 20.5 Å². The van der Waals surface area contributed by atoms with Crippen molar-refractivity contribution >= 4 is 33.3 Å². The minimum absolute atomic E-state index is 0.0335. The Labute approximate surface area is 132 Å². The summed E-state index contributed by atoms with van der Waals surface area (Å²) < 4.78 is 19.7. The van der Waals surface area contributed by atoms with Crippen LogP contribution in [0, 0.1) is 12.7 Å². The van der Waals surface area contributed by atoms with E-state index in [4.69, 9.17) is 4.74 Å². The van der Waals surface area contributed by atoms with Crippen LogP contribution in [0.2, 0.25) is 0 Å². The number of aryl methyl sites for hydroxylation is 1. The topological polar surface area (TPSA) is 55.4 Å². The normalized spacial score (nSPS) is 12.5. The summed E-state index contributed by atoms with van der Waals surface area (Å²) >= 11 is 1.17. The van der Waals surface area contributed by atoms with Gasteiger partial charge in [-0.05, 0) is 45.4 Å². The van der Waals surface area contributed by atoms with E-state index in [1.54, 1.807) is 19.1 Å². The Morgan fingerprint density at radius 3 is 2.55 bits per heavy atom. The number of fused-ring (bicyclic) bond motifs is 1. The lowest BCUT2D eigenvalue weighted by Gasteiger charge is -2.15. The second-order valence-corrected chi connectivity index (χ2v) is 6.43. The van der Waals surface area contributed by atoms with Crippen molar-refractivity contribution in [2.24, 2.45) is 0 Å². The summed E-state index contributed by atoms with van der Waals surface area (Å²) in [5, 5.41) is 3.11. The number of thiophene rings is 1. The highest BCUT2D eigenvalue weighted by Gasteiger charge is 2.23. The third kappa shape index (κ3) is 3.27. The van der Waals surface area contributed by atoms with Crippen LogP contribution < -0.4 is 5.32 Å². The quantitative estimate of drug-likeness (QED) is 0.877. The highest BCUT2D eigenvalue weighted by Crippen LogP contribution is 2.33. The molecule has 2 aromatic rings. The molecule has 0 fully saturated rings. The van der Waals surface area contributed by atoms with Crippen molar-refractivity contribution in [1.29, 1.82) is 0 Å². The standard InChI is InChI=1S/C16H18FNO3S/c1-8(2)18-15(19)10(4)21-16(20)14-9(3)13-11(17)6-5-7-12(13)22-14/h5-8,10H,1-4H3,(H,18,19)/t10-/m1/s1. The minimum Gasteiger partial charge on any atom is -0.448 e. The van der Waals surface area contributed by atoms with Gasteiger partial charge in [0.1, 0.15) is 10.7 Å². The van der Waals surface area contributed by atoms with Gasteiger partial charge in [0.25, 0.3) is 5.91 Å². The maximum absolute atomic E-state index is 13.8. The number of esters is 1. The molecule has 118 valence electrons. The van der Waals surface area contributed by atoms with Crippen LogP contribution >= 0.6 is 11.3 Å². The summed E-state index contributed by atoms with van der Waals surface area (Å²) in [6.45, 7) is 6.84. The molecule has 0 unspecified atom stereocenters. The first kappa shape index (κ1) is 16.4. The second kappa shape index (κ2) is 6.44. The lowest BCUT2D eigenvalue weighted by atomic mass is 10.1. The first-order valence-corrected chi connectivity index (χ1v) is 7.82. The summed E-state index contributed by atoms with van der Waals surface area (Å²) in [7, 11) is 0. The molecule has 6 heteroatoms. The molecule has 1 N–H and O–H groups in total. The summed E-state index contributed by atoms with van der Waals surface area (Å²) in [5.74, 6) is -1.33. The van der Waals surface area contributed by atoms with E-state index in [0.717, 1.165) is 0 Å². The van der Waals surface area contributed by atoms with E-state index in [-0.39, 0.29) is 17.8 Å². The third-order valence-corrected chi connectivity index (χ3v) is 4.41. The van der Waals surface area contributed by atoms with Gasteiger partial charge in [0.15, 0.2) is 6.10 Å². The number of hydrogen-bond acceptors (Lipinski definition) is 4. The fraction of sp³-hybridized carbons (Fsp3) is 0.375. The fourth-order valence-electron chi connectivity index (χ4n) is 2.12. The van der Waals surface area contributed by atoms with Gasteiger partial charge in [0, 0.05) is 16.1 Å². The molecule has 1 amide bonds. The largest absolute Gasteiger partial charge is 0.448 e. The van der Waals surface area contributed by atoms with Crippen LogP contribution in [-0.2, 0) is 9.53 Å². The van der Waals surface area contributed by atoms with Crippen molar-refractivity contribution in [1.82, 2.24) is 5.32 Å². The molecule has 1 aromatic heterocycles. The number of halogens is 1. The smallest absolute Gasteiger partial charge is 0.349 e. The molecule has 1 atom stereocenters. The van der Waals surface area contributed by atoms with E-state index in [1.165, 1.54) is 24.3 Å². The Morgan fingerprint density at radius 2 is 1.95 bits per heavy atom. The maximum atomic E-state index is 13.8. The monoisotopic (exact) mass is 323 g/mol. The number of benzene rings is 1. The van der Waals surface area contributed by atoms with Gasteiger partial charge < -0.3 is 10.1 Å². The van der Waals surface area contributed by atoms with E-state index < -0.39 is 12.1 Å². The van der Waals surface area contributed by atoms with Crippen molar-refractivity contribution in [2.75, 3.05) is 0 Å². The van der Waals surface area contributed by atoms with Gasteiger partial charge >= 0.3 is 5.97 Å². The average Bonchev–Trinajstić information content (AvgIpc) is 2.76.